The Kier molecular flexibility index (Phi) is 5.58. The van der Waals surface area contributed by atoms with Crippen LogP contribution in [0.1, 0.15) is 30.6 Å². The molecule has 3 rings (SSSR count). The van der Waals surface area contributed by atoms with Gasteiger partial charge >= 0.3 is 0 Å². The highest BCUT2D eigenvalue weighted by Gasteiger charge is 2.28. The number of thiophene rings is 1. The third-order valence-electron chi connectivity index (χ3n) is 4.50. The van der Waals surface area contributed by atoms with Gasteiger partial charge in [0.2, 0.25) is 0 Å². The van der Waals surface area contributed by atoms with Gasteiger partial charge in [0.25, 0.3) is 0 Å². The molecule has 1 unspecified atom stereocenters. The second-order valence-corrected chi connectivity index (χ2v) is 9.68. The molecule has 2 fully saturated rings. The summed E-state index contributed by atoms with van der Waals surface area (Å²) in [6.07, 6.45) is 4.47. The summed E-state index contributed by atoms with van der Waals surface area (Å²) in [5.41, 5.74) is 0. The van der Waals surface area contributed by atoms with Crippen LogP contribution in [0, 0.1) is 5.92 Å². The van der Waals surface area contributed by atoms with Crippen molar-refractivity contribution in [2.75, 3.05) is 31.1 Å². The molecule has 0 bridgehead atoms. The minimum absolute atomic E-state index is 0.219. The Morgan fingerprint density at radius 2 is 2.17 bits per heavy atom. The first-order valence-corrected chi connectivity index (χ1v) is 11.1. The molecule has 5 nitrogen and oxygen atoms in total. The monoisotopic (exact) mass is 355 g/mol. The average molecular weight is 356 g/mol. The zero-order valence-electron chi connectivity index (χ0n) is 13.4. The molecule has 128 valence electrons. The second kappa shape index (κ2) is 7.66. The Morgan fingerprint density at radius 3 is 2.83 bits per heavy atom. The van der Waals surface area contributed by atoms with Crippen LogP contribution < -0.4 is 5.32 Å². The van der Waals surface area contributed by atoms with Crippen molar-refractivity contribution in [1.29, 1.82) is 0 Å². The summed E-state index contributed by atoms with van der Waals surface area (Å²) < 4.78 is 23.2. The summed E-state index contributed by atoms with van der Waals surface area (Å²) in [7, 11) is -2.81. The van der Waals surface area contributed by atoms with Gasteiger partial charge in [-0.2, -0.15) is 0 Å². The van der Waals surface area contributed by atoms with Crippen LogP contribution in [0.25, 0.3) is 0 Å². The molecule has 0 spiro atoms. The van der Waals surface area contributed by atoms with Crippen molar-refractivity contribution >= 4 is 27.1 Å². The average Bonchev–Trinajstić information content (AvgIpc) is 3.17. The van der Waals surface area contributed by atoms with Crippen molar-refractivity contribution in [2.24, 2.45) is 10.9 Å². The number of likely N-dealkylation sites (tertiary alicyclic amines) is 1. The molecule has 2 aliphatic rings. The molecule has 7 heteroatoms. The summed E-state index contributed by atoms with van der Waals surface area (Å²) in [5, 5.41) is 5.52. The van der Waals surface area contributed by atoms with Crippen LogP contribution in [0.2, 0.25) is 0 Å². The third kappa shape index (κ3) is 4.94. The maximum atomic E-state index is 11.6. The van der Waals surface area contributed by atoms with E-state index < -0.39 is 9.84 Å². The number of aliphatic imine (C=N–C) groups is 1. The molecule has 1 atom stereocenters. The Labute approximate surface area is 142 Å². The van der Waals surface area contributed by atoms with Gasteiger partial charge in [0, 0.05) is 24.5 Å². The number of nitrogens with zero attached hydrogens (tertiary/aromatic N) is 2. The highest BCUT2D eigenvalue weighted by atomic mass is 32.2. The zero-order valence-corrected chi connectivity index (χ0v) is 15.0. The van der Waals surface area contributed by atoms with Crippen LogP contribution in [0.5, 0.6) is 0 Å². The lowest BCUT2D eigenvalue weighted by molar-refractivity contribution is 0.329. The number of hydrogen-bond donors (Lipinski definition) is 1. The number of piperidine rings is 1. The molecule has 3 heterocycles. The van der Waals surface area contributed by atoms with Crippen molar-refractivity contribution in [3.8, 4) is 0 Å². The number of rotatable bonds is 4. The van der Waals surface area contributed by atoms with Gasteiger partial charge in [0.05, 0.1) is 18.1 Å². The lowest BCUT2D eigenvalue weighted by Crippen LogP contribution is -2.45. The fourth-order valence-corrected chi connectivity index (χ4v) is 5.69. The van der Waals surface area contributed by atoms with E-state index in [4.69, 9.17) is 4.99 Å². The maximum absolute atomic E-state index is 11.6. The Morgan fingerprint density at radius 1 is 1.35 bits per heavy atom. The smallest absolute Gasteiger partial charge is 0.194 e. The fraction of sp³-hybridized carbons (Fsp3) is 0.688. The van der Waals surface area contributed by atoms with E-state index in [-0.39, 0.29) is 5.92 Å². The van der Waals surface area contributed by atoms with Gasteiger partial charge in [-0.1, -0.05) is 6.07 Å². The van der Waals surface area contributed by atoms with E-state index in [9.17, 15) is 8.42 Å². The quantitative estimate of drug-likeness (QED) is 0.664. The largest absolute Gasteiger partial charge is 0.356 e. The highest BCUT2D eigenvalue weighted by Crippen LogP contribution is 2.18. The molecule has 23 heavy (non-hydrogen) atoms. The van der Waals surface area contributed by atoms with Gasteiger partial charge in [-0.25, -0.2) is 13.4 Å². The molecule has 1 aromatic heterocycles. The minimum atomic E-state index is -2.81. The number of nitrogens with one attached hydrogen (secondary N) is 1. The van der Waals surface area contributed by atoms with Crippen LogP contribution in [0.15, 0.2) is 22.5 Å². The number of hydrogen-bond acceptors (Lipinski definition) is 4. The maximum Gasteiger partial charge on any atom is 0.194 e. The predicted molar refractivity (Wildman–Crippen MR) is 95.6 cm³/mol. The van der Waals surface area contributed by atoms with Crippen molar-refractivity contribution in [1.82, 2.24) is 10.2 Å². The molecule has 1 N–H and O–H groups in total. The Hall–Kier alpha value is -1.08. The lowest BCUT2D eigenvalue weighted by atomic mass is 10.1. The molecule has 1 aromatic rings. The van der Waals surface area contributed by atoms with Gasteiger partial charge in [-0.15, -0.1) is 11.3 Å². The van der Waals surface area contributed by atoms with Gasteiger partial charge in [-0.3, -0.25) is 0 Å². The van der Waals surface area contributed by atoms with E-state index in [0.29, 0.717) is 24.6 Å². The molecule has 0 aliphatic carbocycles. The summed E-state index contributed by atoms with van der Waals surface area (Å²) in [4.78, 5) is 8.35. The molecule has 0 amide bonds. The third-order valence-corrected chi connectivity index (χ3v) is 7.19. The Balaban J connectivity index is 1.61. The first-order chi connectivity index (χ1) is 11.1. The molecule has 2 aliphatic heterocycles. The molecular formula is C16H25N3O2S2. The van der Waals surface area contributed by atoms with E-state index >= 15 is 0 Å². The van der Waals surface area contributed by atoms with Crippen molar-refractivity contribution in [3.63, 3.8) is 0 Å². The fourth-order valence-electron chi connectivity index (χ4n) is 3.20. The zero-order chi connectivity index (χ0) is 16.1. The topological polar surface area (TPSA) is 61.8 Å². The van der Waals surface area contributed by atoms with Crippen LogP contribution >= 0.6 is 11.3 Å². The predicted octanol–water partition coefficient (Wildman–Crippen LogP) is 2.11. The highest BCUT2D eigenvalue weighted by molar-refractivity contribution is 7.91. The van der Waals surface area contributed by atoms with Crippen LogP contribution in [-0.2, 0) is 16.4 Å². The molecule has 0 radical (unpaired) electrons. The van der Waals surface area contributed by atoms with Crippen molar-refractivity contribution in [2.45, 2.75) is 32.2 Å². The summed E-state index contributed by atoms with van der Waals surface area (Å²) in [5.74, 6) is 1.82. The van der Waals surface area contributed by atoms with Crippen molar-refractivity contribution < 1.29 is 8.42 Å². The van der Waals surface area contributed by atoms with E-state index in [2.05, 4.69) is 21.7 Å². The summed E-state index contributed by atoms with van der Waals surface area (Å²) in [6.45, 7) is 3.48. The first-order valence-electron chi connectivity index (χ1n) is 8.38. The molecule has 0 saturated carbocycles. The molecular weight excluding hydrogens is 330 g/mol. The summed E-state index contributed by atoms with van der Waals surface area (Å²) >= 11 is 1.72. The Bertz CT molecular complexity index is 620. The van der Waals surface area contributed by atoms with E-state index in [1.54, 1.807) is 11.3 Å². The van der Waals surface area contributed by atoms with E-state index in [0.717, 1.165) is 25.5 Å². The number of guanidine groups is 1. The normalized spacial score (nSPS) is 24.8. The van der Waals surface area contributed by atoms with Crippen molar-refractivity contribution in [3.05, 3.63) is 22.4 Å². The standard InChI is InChI=1S/C16H25N3O2S2/c20-23(21)10-6-14(13-23)11-17-16(19-7-2-1-3-8-19)18-12-15-5-4-9-22-15/h4-5,9,14H,1-3,6-8,10-13H2,(H,17,18). The van der Waals surface area contributed by atoms with E-state index in [1.807, 2.05) is 6.07 Å². The summed E-state index contributed by atoms with van der Waals surface area (Å²) in [6, 6.07) is 4.15. The SMILES string of the molecule is O=S1(=O)CCC(CNC(=NCc2cccs2)N2CCCCC2)C1. The first kappa shape index (κ1) is 16.8. The van der Waals surface area contributed by atoms with E-state index in [1.165, 1.54) is 24.1 Å². The van der Waals surface area contributed by atoms with Gasteiger partial charge in [-0.05, 0) is 43.0 Å². The lowest BCUT2D eigenvalue weighted by Gasteiger charge is -2.30. The number of sulfone groups is 1. The molecule has 0 aromatic carbocycles. The second-order valence-electron chi connectivity index (χ2n) is 6.42. The van der Waals surface area contributed by atoms with Gasteiger partial charge < -0.3 is 10.2 Å². The van der Waals surface area contributed by atoms with Gasteiger partial charge in [0.1, 0.15) is 0 Å². The van der Waals surface area contributed by atoms with Crippen LogP contribution in [-0.4, -0.2) is 50.4 Å². The van der Waals surface area contributed by atoms with Crippen LogP contribution in [0.4, 0.5) is 0 Å². The van der Waals surface area contributed by atoms with Crippen LogP contribution in [0.3, 0.4) is 0 Å². The molecule has 2 saturated heterocycles. The van der Waals surface area contributed by atoms with Gasteiger partial charge in [0.15, 0.2) is 15.8 Å². The minimum Gasteiger partial charge on any atom is -0.356 e.